The van der Waals surface area contributed by atoms with Gasteiger partial charge < -0.3 is 10.1 Å². The summed E-state index contributed by atoms with van der Waals surface area (Å²) in [6.07, 6.45) is 3.50. The van der Waals surface area contributed by atoms with Crippen molar-refractivity contribution in [2.45, 2.75) is 32.7 Å². The maximum atomic E-state index is 11.5. The third kappa shape index (κ3) is 5.54. The number of hydrogen-bond acceptors (Lipinski definition) is 3. The van der Waals surface area contributed by atoms with E-state index in [0.29, 0.717) is 10.9 Å². The van der Waals surface area contributed by atoms with Crippen LogP contribution in [-0.2, 0) is 4.79 Å². The van der Waals surface area contributed by atoms with Crippen LogP contribution in [0.25, 0.3) is 0 Å². The normalized spacial score (nSPS) is 11.9. The van der Waals surface area contributed by atoms with Gasteiger partial charge in [-0.2, -0.15) is 0 Å². The van der Waals surface area contributed by atoms with Crippen molar-refractivity contribution < 1.29 is 9.53 Å². The number of pyridine rings is 1. The van der Waals surface area contributed by atoms with Crippen LogP contribution in [0.3, 0.4) is 0 Å². The van der Waals surface area contributed by atoms with Crippen molar-refractivity contribution in [2.75, 3.05) is 6.61 Å². The van der Waals surface area contributed by atoms with Crippen LogP contribution in [0.5, 0.6) is 5.75 Å². The number of aromatic nitrogens is 1. The Morgan fingerprint density at radius 2 is 2.35 bits per heavy atom. The standard InChI is InChI=1S/C12H17ClN2O2/c1-3-4-9(2)15-12(16)8-17-10-5-6-11(13)14-7-10/h5-7,9H,3-4,8H2,1-2H3,(H,15,16). The fourth-order valence-corrected chi connectivity index (χ4v) is 1.53. The zero-order valence-electron chi connectivity index (χ0n) is 10.1. The fourth-order valence-electron chi connectivity index (χ4n) is 1.42. The summed E-state index contributed by atoms with van der Waals surface area (Å²) in [5.74, 6) is 0.411. The number of carbonyl (C=O) groups is 1. The lowest BCUT2D eigenvalue weighted by atomic mass is 10.2. The molecule has 4 nitrogen and oxygen atoms in total. The molecule has 0 aliphatic carbocycles. The number of rotatable bonds is 6. The predicted octanol–water partition coefficient (Wildman–Crippen LogP) is 2.42. The smallest absolute Gasteiger partial charge is 0.258 e. The second-order valence-corrected chi connectivity index (χ2v) is 4.25. The van der Waals surface area contributed by atoms with Gasteiger partial charge >= 0.3 is 0 Å². The van der Waals surface area contributed by atoms with E-state index in [-0.39, 0.29) is 18.6 Å². The lowest BCUT2D eigenvalue weighted by molar-refractivity contribution is -0.123. The highest BCUT2D eigenvalue weighted by molar-refractivity contribution is 6.29. The molecule has 1 aromatic rings. The van der Waals surface area contributed by atoms with Crippen LogP contribution in [0.2, 0.25) is 5.15 Å². The van der Waals surface area contributed by atoms with E-state index < -0.39 is 0 Å². The third-order valence-corrected chi connectivity index (χ3v) is 2.42. The molecule has 1 amide bonds. The Hall–Kier alpha value is -1.29. The number of nitrogens with zero attached hydrogens (tertiary/aromatic N) is 1. The molecule has 1 aromatic heterocycles. The zero-order chi connectivity index (χ0) is 12.7. The molecule has 0 saturated carbocycles. The Kier molecular flexibility index (Phi) is 5.77. The van der Waals surface area contributed by atoms with Gasteiger partial charge in [0.05, 0.1) is 6.20 Å². The molecular formula is C12H17ClN2O2. The number of ether oxygens (including phenoxy) is 1. The fraction of sp³-hybridized carbons (Fsp3) is 0.500. The van der Waals surface area contributed by atoms with Gasteiger partial charge in [-0.15, -0.1) is 0 Å². The van der Waals surface area contributed by atoms with Gasteiger partial charge in [0.2, 0.25) is 0 Å². The highest BCUT2D eigenvalue weighted by atomic mass is 35.5. The Morgan fingerprint density at radius 3 is 2.94 bits per heavy atom. The predicted molar refractivity (Wildman–Crippen MR) is 67.3 cm³/mol. The molecule has 0 aromatic carbocycles. The van der Waals surface area contributed by atoms with Gasteiger partial charge in [0.1, 0.15) is 10.9 Å². The van der Waals surface area contributed by atoms with Crippen molar-refractivity contribution in [1.82, 2.24) is 10.3 Å². The number of hydrogen-bond donors (Lipinski definition) is 1. The van der Waals surface area contributed by atoms with E-state index in [9.17, 15) is 4.79 Å². The molecule has 0 aliphatic rings. The van der Waals surface area contributed by atoms with Gasteiger partial charge in [-0.25, -0.2) is 4.98 Å². The van der Waals surface area contributed by atoms with Crippen molar-refractivity contribution in [3.63, 3.8) is 0 Å². The molecule has 1 atom stereocenters. The third-order valence-electron chi connectivity index (χ3n) is 2.20. The van der Waals surface area contributed by atoms with Gasteiger partial charge in [0, 0.05) is 6.04 Å². The van der Waals surface area contributed by atoms with Crippen molar-refractivity contribution in [3.05, 3.63) is 23.5 Å². The van der Waals surface area contributed by atoms with Gasteiger partial charge in [-0.05, 0) is 25.5 Å². The Bertz CT molecular complexity index is 354. The molecule has 0 radical (unpaired) electrons. The lowest BCUT2D eigenvalue weighted by Gasteiger charge is -2.13. The summed E-state index contributed by atoms with van der Waals surface area (Å²) in [6, 6.07) is 3.48. The van der Waals surface area contributed by atoms with E-state index in [1.54, 1.807) is 12.1 Å². The maximum Gasteiger partial charge on any atom is 0.258 e. The molecule has 1 unspecified atom stereocenters. The van der Waals surface area contributed by atoms with Crippen molar-refractivity contribution in [2.24, 2.45) is 0 Å². The summed E-state index contributed by atoms with van der Waals surface area (Å²) in [6.45, 7) is 4.06. The first-order valence-electron chi connectivity index (χ1n) is 5.65. The molecule has 1 heterocycles. The highest BCUT2D eigenvalue weighted by Gasteiger charge is 2.07. The number of nitrogens with one attached hydrogen (secondary N) is 1. The van der Waals surface area contributed by atoms with E-state index >= 15 is 0 Å². The Morgan fingerprint density at radius 1 is 1.59 bits per heavy atom. The minimum atomic E-state index is -0.124. The lowest BCUT2D eigenvalue weighted by Crippen LogP contribution is -2.35. The van der Waals surface area contributed by atoms with Gasteiger partial charge in [0.25, 0.3) is 5.91 Å². The van der Waals surface area contributed by atoms with Crippen LogP contribution in [0, 0.1) is 0 Å². The highest BCUT2D eigenvalue weighted by Crippen LogP contribution is 2.11. The second kappa shape index (κ2) is 7.12. The quantitative estimate of drug-likeness (QED) is 0.796. The second-order valence-electron chi connectivity index (χ2n) is 3.86. The SMILES string of the molecule is CCCC(C)NC(=O)COc1ccc(Cl)nc1. The first-order valence-corrected chi connectivity index (χ1v) is 6.03. The summed E-state index contributed by atoms with van der Waals surface area (Å²) in [4.78, 5) is 15.3. The Labute approximate surface area is 106 Å². The monoisotopic (exact) mass is 256 g/mol. The van der Waals surface area contributed by atoms with Gasteiger partial charge in [0.15, 0.2) is 6.61 Å². The topological polar surface area (TPSA) is 51.2 Å². The first-order chi connectivity index (χ1) is 8.11. The van der Waals surface area contributed by atoms with E-state index in [2.05, 4.69) is 17.2 Å². The molecule has 17 heavy (non-hydrogen) atoms. The molecule has 0 bridgehead atoms. The molecular weight excluding hydrogens is 240 g/mol. The van der Waals surface area contributed by atoms with Crippen LogP contribution < -0.4 is 10.1 Å². The van der Waals surface area contributed by atoms with Crippen LogP contribution in [-0.4, -0.2) is 23.5 Å². The van der Waals surface area contributed by atoms with Crippen LogP contribution in [0.4, 0.5) is 0 Å². The maximum absolute atomic E-state index is 11.5. The molecule has 0 spiro atoms. The molecule has 5 heteroatoms. The minimum absolute atomic E-state index is 0.00261. The average molecular weight is 257 g/mol. The largest absolute Gasteiger partial charge is 0.482 e. The van der Waals surface area contributed by atoms with Crippen molar-refractivity contribution in [3.8, 4) is 5.75 Å². The van der Waals surface area contributed by atoms with E-state index in [4.69, 9.17) is 16.3 Å². The molecule has 0 aliphatic heterocycles. The molecule has 0 saturated heterocycles. The Balaban J connectivity index is 2.30. The number of amides is 1. The summed E-state index contributed by atoms with van der Waals surface area (Å²) in [5, 5.41) is 3.25. The summed E-state index contributed by atoms with van der Waals surface area (Å²) in [5.41, 5.74) is 0. The molecule has 94 valence electrons. The van der Waals surface area contributed by atoms with Crippen LogP contribution in [0.15, 0.2) is 18.3 Å². The van der Waals surface area contributed by atoms with E-state index in [1.165, 1.54) is 6.20 Å². The summed E-state index contributed by atoms with van der Waals surface area (Å²) in [7, 11) is 0. The minimum Gasteiger partial charge on any atom is -0.482 e. The molecule has 1 rings (SSSR count). The van der Waals surface area contributed by atoms with E-state index in [0.717, 1.165) is 12.8 Å². The van der Waals surface area contributed by atoms with Gasteiger partial charge in [-0.3, -0.25) is 4.79 Å². The molecule has 1 N–H and O–H groups in total. The van der Waals surface area contributed by atoms with E-state index in [1.807, 2.05) is 6.92 Å². The summed E-state index contributed by atoms with van der Waals surface area (Å²) >= 11 is 5.63. The van der Waals surface area contributed by atoms with Crippen LogP contribution >= 0.6 is 11.6 Å². The average Bonchev–Trinajstić information content (AvgIpc) is 2.28. The van der Waals surface area contributed by atoms with Gasteiger partial charge in [-0.1, -0.05) is 24.9 Å². The van der Waals surface area contributed by atoms with Crippen LogP contribution in [0.1, 0.15) is 26.7 Å². The molecule has 0 fully saturated rings. The first kappa shape index (κ1) is 13.8. The van der Waals surface area contributed by atoms with Crippen molar-refractivity contribution >= 4 is 17.5 Å². The number of halogens is 1. The zero-order valence-corrected chi connectivity index (χ0v) is 10.8. The number of carbonyl (C=O) groups excluding carboxylic acids is 1. The van der Waals surface area contributed by atoms with Crippen molar-refractivity contribution in [1.29, 1.82) is 0 Å². The summed E-state index contributed by atoms with van der Waals surface area (Å²) < 4.78 is 5.27.